The van der Waals surface area contributed by atoms with Gasteiger partial charge in [-0.15, -0.1) is 0 Å². The molecule has 0 saturated heterocycles. The van der Waals surface area contributed by atoms with Gasteiger partial charge in [0, 0.05) is 5.69 Å². The normalized spacial score (nSPS) is 10.1. The fourth-order valence-corrected chi connectivity index (χ4v) is 2.41. The van der Waals surface area contributed by atoms with E-state index in [-0.39, 0.29) is 12.4 Å². The Morgan fingerprint density at radius 3 is 2.58 bits per heavy atom. The number of aldehydes is 1. The number of anilines is 1. The quantitative estimate of drug-likeness (QED) is 0.582. The third kappa shape index (κ3) is 5.17. The molecule has 0 aliphatic carbocycles. The number of aryl methyl sites for hydroxylation is 2. The average molecular weight is 355 g/mol. The maximum Gasteiger partial charge on any atom is 0.344 e. The highest BCUT2D eigenvalue weighted by molar-refractivity contribution is 5.94. The Morgan fingerprint density at radius 1 is 1.08 bits per heavy atom. The zero-order chi connectivity index (χ0) is 18.9. The number of esters is 1. The number of para-hydroxylation sites is 2. The maximum absolute atomic E-state index is 12.0. The number of ether oxygens (including phenoxy) is 2. The van der Waals surface area contributed by atoms with Gasteiger partial charge in [-0.25, -0.2) is 4.79 Å². The summed E-state index contributed by atoms with van der Waals surface area (Å²) >= 11 is 0. The van der Waals surface area contributed by atoms with E-state index in [0.29, 0.717) is 11.8 Å². The van der Waals surface area contributed by atoms with Gasteiger partial charge in [-0.1, -0.05) is 37.3 Å². The van der Waals surface area contributed by atoms with Crippen LogP contribution in [0.2, 0.25) is 0 Å². The van der Waals surface area contributed by atoms with Crippen molar-refractivity contribution in [1.29, 1.82) is 0 Å². The number of carbonyl (C=O) groups excluding carboxylic acids is 3. The second-order valence-corrected chi connectivity index (χ2v) is 5.62. The van der Waals surface area contributed by atoms with Crippen LogP contribution in [0.25, 0.3) is 0 Å². The average Bonchev–Trinajstić information content (AvgIpc) is 2.66. The van der Waals surface area contributed by atoms with Gasteiger partial charge in [0.2, 0.25) is 0 Å². The number of nitrogens with one attached hydrogen (secondary N) is 1. The third-order valence-corrected chi connectivity index (χ3v) is 3.76. The topological polar surface area (TPSA) is 81.7 Å². The minimum absolute atomic E-state index is 0.288. The van der Waals surface area contributed by atoms with Crippen LogP contribution >= 0.6 is 0 Å². The van der Waals surface area contributed by atoms with Crippen molar-refractivity contribution in [2.45, 2.75) is 20.3 Å². The molecule has 0 bridgehead atoms. The fraction of sp³-hybridized carbons (Fsp3) is 0.250. The highest BCUT2D eigenvalue weighted by atomic mass is 16.6. The molecule has 26 heavy (non-hydrogen) atoms. The second-order valence-electron chi connectivity index (χ2n) is 5.62. The van der Waals surface area contributed by atoms with Crippen LogP contribution in [0.3, 0.4) is 0 Å². The van der Waals surface area contributed by atoms with E-state index < -0.39 is 18.5 Å². The predicted molar refractivity (Wildman–Crippen MR) is 97.5 cm³/mol. The van der Waals surface area contributed by atoms with E-state index in [4.69, 9.17) is 9.47 Å². The van der Waals surface area contributed by atoms with Gasteiger partial charge >= 0.3 is 5.97 Å². The number of hydrogen-bond donors (Lipinski definition) is 1. The Labute approximate surface area is 152 Å². The Hall–Kier alpha value is -3.15. The van der Waals surface area contributed by atoms with E-state index >= 15 is 0 Å². The smallest absolute Gasteiger partial charge is 0.344 e. The van der Waals surface area contributed by atoms with E-state index in [9.17, 15) is 14.4 Å². The molecular formula is C20H21NO5. The molecule has 0 aromatic heterocycles. The highest BCUT2D eigenvalue weighted by Gasteiger charge is 2.12. The zero-order valence-electron chi connectivity index (χ0n) is 14.8. The van der Waals surface area contributed by atoms with Crippen molar-refractivity contribution in [2.24, 2.45) is 0 Å². The van der Waals surface area contributed by atoms with E-state index in [1.54, 1.807) is 24.3 Å². The second kappa shape index (κ2) is 9.36. The molecule has 0 aliphatic rings. The summed E-state index contributed by atoms with van der Waals surface area (Å²) in [5, 5.41) is 2.77. The lowest BCUT2D eigenvalue weighted by molar-refractivity contribution is -0.149. The molecule has 2 rings (SSSR count). The van der Waals surface area contributed by atoms with Gasteiger partial charge in [-0.3, -0.25) is 9.59 Å². The predicted octanol–water partition coefficient (Wildman–Crippen LogP) is 2.93. The lowest BCUT2D eigenvalue weighted by Gasteiger charge is -2.13. The summed E-state index contributed by atoms with van der Waals surface area (Å²) in [5.41, 5.74) is 3.04. The molecule has 0 heterocycles. The van der Waals surface area contributed by atoms with Gasteiger partial charge in [0.05, 0.1) is 5.56 Å². The standard InChI is InChI=1S/C20H21NO5/c1-3-15-9-6-7-14(2)20(15)21-18(23)12-26-19(24)13-25-17-10-5-4-8-16(17)11-22/h4-11H,3,12-13H2,1-2H3,(H,21,23). The van der Waals surface area contributed by atoms with Gasteiger partial charge in [-0.2, -0.15) is 0 Å². The Kier molecular flexibility index (Phi) is 6.91. The van der Waals surface area contributed by atoms with Crippen LogP contribution in [-0.4, -0.2) is 31.4 Å². The largest absolute Gasteiger partial charge is 0.481 e. The number of rotatable bonds is 8. The lowest BCUT2D eigenvalue weighted by atomic mass is 10.1. The molecule has 2 aromatic rings. The molecule has 0 fully saturated rings. The van der Waals surface area contributed by atoms with Crippen LogP contribution in [0, 0.1) is 6.92 Å². The summed E-state index contributed by atoms with van der Waals surface area (Å²) in [5.74, 6) is -0.826. The van der Waals surface area contributed by atoms with Crippen molar-refractivity contribution in [1.82, 2.24) is 0 Å². The molecule has 0 unspecified atom stereocenters. The Morgan fingerprint density at radius 2 is 1.85 bits per heavy atom. The van der Waals surface area contributed by atoms with Crippen molar-refractivity contribution >= 4 is 23.9 Å². The van der Waals surface area contributed by atoms with Crippen molar-refractivity contribution < 1.29 is 23.9 Å². The minimum atomic E-state index is -0.693. The van der Waals surface area contributed by atoms with Crippen LogP contribution in [0.4, 0.5) is 5.69 Å². The third-order valence-electron chi connectivity index (χ3n) is 3.76. The summed E-state index contributed by atoms with van der Waals surface area (Å²) < 4.78 is 10.2. The van der Waals surface area contributed by atoms with E-state index in [1.165, 1.54) is 0 Å². The van der Waals surface area contributed by atoms with Gasteiger partial charge in [-0.05, 0) is 36.6 Å². The molecule has 1 amide bonds. The first-order chi connectivity index (χ1) is 12.5. The number of carbonyl (C=O) groups is 3. The van der Waals surface area contributed by atoms with Crippen LogP contribution in [0.5, 0.6) is 5.75 Å². The highest BCUT2D eigenvalue weighted by Crippen LogP contribution is 2.21. The first-order valence-corrected chi connectivity index (χ1v) is 8.26. The summed E-state index contributed by atoms with van der Waals surface area (Å²) in [7, 11) is 0. The number of amides is 1. The summed E-state index contributed by atoms with van der Waals surface area (Å²) in [6, 6.07) is 12.3. The number of benzene rings is 2. The van der Waals surface area contributed by atoms with E-state index in [2.05, 4.69) is 5.32 Å². The van der Waals surface area contributed by atoms with E-state index in [1.807, 2.05) is 32.0 Å². The monoisotopic (exact) mass is 355 g/mol. The first kappa shape index (κ1) is 19.2. The summed E-state index contributed by atoms with van der Waals surface area (Å²) in [6.07, 6.45) is 1.42. The molecule has 1 N–H and O–H groups in total. The SMILES string of the molecule is CCc1cccc(C)c1NC(=O)COC(=O)COc1ccccc1C=O. The van der Waals surface area contributed by atoms with Crippen molar-refractivity contribution in [3.63, 3.8) is 0 Å². The zero-order valence-corrected chi connectivity index (χ0v) is 14.8. The molecule has 0 radical (unpaired) electrons. The Balaban J connectivity index is 1.84. The van der Waals surface area contributed by atoms with Crippen molar-refractivity contribution in [2.75, 3.05) is 18.5 Å². The Bertz CT molecular complexity index is 801. The molecule has 6 nitrogen and oxygen atoms in total. The molecule has 2 aromatic carbocycles. The number of hydrogen-bond acceptors (Lipinski definition) is 5. The van der Waals surface area contributed by atoms with Gasteiger partial charge in [0.1, 0.15) is 5.75 Å². The molecule has 136 valence electrons. The van der Waals surface area contributed by atoms with Crippen molar-refractivity contribution in [3.05, 3.63) is 59.2 Å². The maximum atomic E-state index is 12.0. The van der Waals surface area contributed by atoms with Gasteiger partial charge in [0.25, 0.3) is 5.91 Å². The molecule has 0 saturated carbocycles. The molecule has 0 atom stereocenters. The van der Waals surface area contributed by atoms with Crippen molar-refractivity contribution in [3.8, 4) is 5.75 Å². The lowest BCUT2D eigenvalue weighted by Crippen LogP contribution is -2.24. The summed E-state index contributed by atoms with van der Waals surface area (Å²) in [4.78, 5) is 34.7. The molecule has 0 aliphatic heterocycles. The minimum Gasteiger partial charge on any atom is -0.481 e. The molecule has 6 heteroatoms. The van der Waals surface area contributed by atoms with E-state index in [0.717, 1.165) is 23.2 Å². The molecular weight excluding hydrogens is 334 g/mol. The summed E-state index contributed by atoms with van der Waals surface area (Å²) in [6.45, 7) is 3.11. The molecule has 0 spiro atoms. The van der Waals surface area contributed by atoms with Gasteiger partial charge < -0.3 is 14.8 Å². The van der Waals surface area contributed by atoms with Crippen LogP contribution < -0.4 is 10.1 Å². The van der Waals surface area contributed by atoms with Crippen LogP contribution in [-0.2, 0) is 20.7 Å². The fourth-order valence-electron chi connectivity index (χ4n) is 2.41. The first-order valence-electron chi connectivity index (χ1n) is 8.26. The van der Waals surface area contributed by atoms with Gasteiger partial charge in [0.15, 0.2) is 19.5 Å². The van der Waals surface area contributed by atoms with Crippen LogP contribution in [0.15, 0.2) is 42.5 Å². The van der Waals surface area contributed by atoms with Crippen LogP contribution in [0.1, 0.15) is 28.4 Å².